The Morgan fingerprint density at radius 2 is 1.18 bits per heavy atom. The first-order valence-corrected chi connectivity index (χ1v) is 18.9. The van der Waals surface area contributed by atoms with Crippen molar-refractivity contribution in [3.05, 3.63) is 0 Å². The SMILES string of the molecule is CCOOCCCCC[Si](O[SiH](C)C)(O[SiH](C)C)O[SiH](C)C. The van der Waals surface area contributed by atoms with Crippen LogP contribution in [0.2, 0.25) is 45.3 Å². The zero-order valence-electron chi connectivity index (χ0n) is 15.5. The predicted octanol–water partition coefficient (Wildman–Crippen LogP) is 3.06. The molecule has 0 heterocycles. The highest BCUT2D eigenvalue weighted by Gasteiger charge is 2.42. The van der Waals surface area contributed by atoms with Crippen LogP contribution < -0.4 is 0 Å². The zero-order chi connectivity index (χ0) is 17.0. The van der Waals surface area contributed by atoms with Gasteiger partial charge in [0.15, 0.2) is 27.1 Å². The van der Waals surface area contributed by atoms with Gasteiger partial charge in [0.25, 0.3) is 0 Å². The summed E-state index contributed by atoms with van der Waals surface area (Å²) in [6, 6.07) is 0.948. The van der Waals surface area contributed by atoms with E-state index in [0.717, 1.165) is 25.3 Å². The Balaban J connectivity index is 4.41. The molecule has 0 fully saturated rings. The minimum atomic E-state index is -2.45. The largest absolute Gasteiger partial charge is 0.468 e. The third-order valence-electron chi connectivity index (χ3n) is 2.66. The lowest BCUT2D eigenvalue weighted by Crippen LogP contribution is -2.53. The molecule has 0 spiro atoms. The minimum Gasteiger partial charge on any atom is -0.420 e. The normalized spacial score (nSPS) is 12.8. The topological polar surface area (TPSA) is 46.2 Å². The molecule has 0 amide bonds. The molecular formula is C13H36O5Si4. The molecule has 0 N–H and O–H groups in total. The van der Waals surface area contributed by atoms with Crippen molar-refractivity contribution in [2.24, 2.45) is 0 Å². The lowest BCUT2D eigenvalue weighted by atomic mass is 10.3. The summed E-state index contributed by atoms with van der Waals surface area (Å²) in [5.41, 5.74) is 0. The Hall–Kier alpha value is 0.668. The fourth-order valence-corrected chi connectivity index (χ4v) is 15.0. The van der Waals surface area contributed by atoms with Gasteiger partial charge in [-0.3, -0.25) is 0 Å². The van der Waals surface area contributed by atoms with E-state index in [2.05, 4.69) is 39.3 Å². The van der Waals surface area contributed by atoms with Gasteiger partial charge in [-0.2, -0.15) is 0 Å². The highest BCUT2D eigenvalue weighted by atomic mass is 28.5. The summed E-state index contributed by atoms with van der Waals surface area (Å²) in [5, 5.41) is 0. The van der Waals surface area contributed by atoms with Crippen LogP contribution in [0.3, 0.4) is 0 Å². The summed E-state index contributed by atoms with van der Waals surface area (Å²) >= 11 is 0. The van der Waals surface area contributed by atoms with Crippen molar-refractivity contribution < 1.29 is 22.1 Å². The average molecular weight is 385 g/mol. The number of unbranched alkanes of at least 4 members (excludes halogenated alkanes) is 2. The molecule has 0 unspecified atom stereocenters. The molecular weight excluding hydrogens is 348 g/mol. The van der Waals surface area contributed by atoms with E-state index in [4.69, 9.17) is 22.1 Å². The van der Waals surface area contributed by atoms with Gasteiger partial charge in [-0.15, -0.1) is 0 Å². The lowest BCUT2D eigenvalue weighted by Gasteiger charge is -2.35. The molecule has 5 nitrogen and oxygen atoms in total. The van der Waals surface area contributed by atoms with E-state index < -0.39 is 35.9 Å². The van der Waals surface area contributed by atoms with Crippen LogP contribution in [0.1, 0.15) is 26.2 Å². The molecule has 0 aromatic rings. The molecule has 0 saturated carbocycles. The van der Waals surface area contributed by atoms with Gasteiger partial charge in [0.05, 0.1) is 13.2 Å². The van der Waals surface area contributed by atoms with Gasteiger partial charge in [-0.05, 0) is 59.0 Å². The van der Waals surface area contributed by atoms with Gasteiger partial charge in [0.1, 0.15) is 0 Å². The van der Waals surface area contributed by atoms with Crippen molar-refractivity contribution >= 4 is 35.9 Å². The van der Waals surface area contributed by atoms with E-state index in [9.17, 15) is 0 Å². The predicted molar refractivity (Wildman–Crippen MR) is 102 cm³/mol. The minimum absolute atomic E-state index is 0.600. The van der Waals surface area contributed by atoms with Crippen molar-refractivity contribution in [3.63, 3.8) is 0 Å². The molecule has 22 heavy (non-hydrogen) atoms. The van der Waals surface area contributed by atoms with Crippen molar-refractivity contribution in [3.8, 4) is 0 Å². The number of rotatable bonds is 14. The van der Waals surface area contributed by atoms with E-state index in [1.165, 1.54) is 0 Å². The summed E-state index contributed by atoms with van der Waals surface area (Å²) in [6.45, 7) is 16.4. The highest BCUT2D eigenvalue weighted by Crippen LogP contribution is 2.23. The standard InChI is InChI=1S/C13H36O5Si4/c1-8-14-15-12-10-9-11-13-22(16-19(2)3,17-20(4)5)18-21(6)7/h19-21H,8-13H2,1-7H3. The summed E-state index contributed by atoms with van der Waals surface area (Å²) in [6.07, 6.45) is 3.17. The highest BCUT2D eigenvalue weighted by molar-refractivity contribution is 6.79. The second-order valence-corrected chi connectivity index (χ2v) is 17.2. The fraction of sp³-hybridized carbons (Fsp3) is 1.00. The lowest BCUT2D eigenvalue weighted by molar-refractivity contribution is -0.291. The zero-order valence-corrected chi connectivity index (χ0v) is 20.0. The van der Waals surface area contributed by atoms with Gasteiger partial charge in [0.2, 0.25) is 0 Å². The van der Waals surface area contributed by atoms with Crippen LogP contribution in [0, 0.1) is 0 Å². The van der Waals surface area contributed by atoms with Gasteiger partial charge < -0.3 is 12.3 Å². The second kappa shape index (κ2) is 13.0. The third-order valence-corrected chi connectivity index (χ3v) is 13.6. The van der Waals surface area contributed by atoms with Crippen LogP contribution in [0.25, 0.3) is 0 Å². The molecule has 0 atom stereocenters. The Morgan fingerprint density at radius 3 is 1.59 bits per heavy atom. The van der Waals surface area contributed by atoms with E-state index in [1.807, 2.05) is 6.92 Å². The van der Waals surface area contributed by atoms with Gasteiger partial charge in [-0.1, -0.05) is 6.42 Å². The first-order chi connectivity index (χ1) is 10.3. The van der Waals surface area contributed by atoms with E-state index >= 15 is 0 Å². The van der Waals surface area contributed by atoms with Crippen molar-refractivity contribution in [2.45, 2.75) is 71.5 Å². The average Bonchev–Trinajstić information content (AvgIpc) is 2.35. The number of hydrogen-bond acceptors (Lipinski definition) is 5. The van der Waals surface area contributed by atoms with Crippen LogP contribution in [0.4, 0.5) is 0 Å². The maximum atomic E-state index is 6.35. The summed E-state index contributed by atoms with van der Waals surface area (Å²) in [7, 11) is -5.98. The van der Waals surface area contributed by atoms with Crippen LogP contribution >= 0.6 is 0 Å². The maximum absolute atomic E-state index is 6.35. The summed E-state index contributed by atoms with van der Waals surface area (Å²) in [4.78, 5) is 9.94. The molecule has 9 heteroatoms. The fourth-order valence-electron chi connectivity index (χ4n) is 2.16. The summed E-state index contributed by atoms with van der Waals surface area (Å²) < 4.78 is 19.1. The van der Waals surface area contributed by atoms with Crippen LogP contribution in [-0.4, -0.2) is 49.1 Å². The molecule has 134 valence electrons. The van der Waals surface area contributed by atoms with E-state index in [1.54, 1.807) is 0 Å². The Bertz CT molecular complexity index is 240. The Kier molecular flexibility index (Phi) is 13.4. The van der Waals surface area contributed by atoms with Crippen molar-refractivity contribution in [1.82, 2.24) is 0 Å². The maximum Gasteiger partial charge on any atom is 0.468 e. The first-order valence-electron chi connectivity index (χ1n) is 8.59. The Labute approximate surface area is 143 Å². The first kappa shape index (κ1) is 22.7. The van der Waals surface area contributed by atoms with Gasteiger partial charge in [0, 0.05) is 6.04 Å². The van der Waals surface area contributed by atoms with E-state index in [-0.39, 0.29) is 0 Å². The molecule has 0 aliphatic heterocycles. The van der Waals surface area contributed by atoms with Crippen molar-refractivity contribution in [2.75, 3.05) is 13.2 Å². The van der Waals surface area contributed by atoms with Gasteiger partial charge in [-0.25, -0.2) is 9.78 Å². The molecule has 0 aliphatic carbocycles. The van der Waals surface area contributed by atoms with Gasteiger partial charge >= 0.3 is 8.80 Å². The summed E-state index contributed by atoms with van der Waals surface area (Å²) in [5.74, 6) is 0. The third kappa shape index (κ3) is 12.1. The van der Waals surface area contributed by atoms with Crippen LogP contribution in [0.5, 0.6) is 0 Å². The molecule has 0 radical (unpaired) electrons. The van der Waals surface area contributed by atoms with Crippen LogP contribution in [0.15, 0.2) is 0 Å². The molecule has 0 aliphatic rings. The number of hydrogen-bond donors (Lipinski definition) is 0. The van der Waals surface area contributed by atoms with Crippen LogP contribution in [-0.2, 0) is 22.1 Å². The molecule has 0 bridgehead atoms. The molecule has 0 rings (SSSR count). The van der Waals surface area contributed by atoms with E-state index in [0.29, 0.717) is 13.2 Å². The molecule has 0 saturated heterocycles. The Morgan fingerprint density at radius 1 is 0.682 bits per heavy atom. The quantitative estimate of drug-likeness (QED) is 0.199. The smallest absolute Gasteiger partial charge is 0.420 e. The molecule has 0 aromatic heterocycles. The van der Waals surface area contributed by atoms with Crippen molar-refractivity contribution in [1.29, 1.82) is 0 Å². The molecule has 0 aromatic carbocycles. The second-order valence-electron chi connectivity index (χ2n) is 6.22. The monoisotopic (exact) mass is 384 g/mol.